The van der Waals surface area contributed by atoms with Gasteiger partial charge in [-0.2, -0.15) is 23.3 Å². The highest BCUT2D eigenvalue weighted by molar-refractivity contribution is 5.75. The summed E-state index contributed by atoms with van der Waals surface area (Å²) in [7, 11) is 1.58. The fourth-order valence-electron chi connectivity index (χ4n) is 2.26. The van der Waals surface area contributed by atoms with Crippen molar-refractivity contribution >= 4 is 5.91 Å². The van der Waals surface area contributed by atoms with Crippen LogP contribution >= 0.6 is 0 Å². The molecular weight excluding hydrogens is 339 g/mol. The Morgan fingerprint density at radius 2 is 1.96 bits per heavy atom. The Kier molecular flexibility index (Phi) is 5.48. The van der Waals surface area contributed by atoms with Gasteiger partial charge in [0.15, 0.2) is 5.82 Å². The first-order chi connectivity index (χ1) is 11.6. The van der Waals surface area contributed by atoms with Crippen molar-refractivity contribution in [3.8, 4) is 0 Å². The van der Waals surface area contributed by atoms with Crippen molar-refractivity contribution in [2.75, 3.05) is 13.6 Å². The first-order valence-corrected chi connectivity index (χ1v) is 7.74. The van der Waals surface area contributed by atoms with Crippen molar-refractivity contribution in [1.82, 2.24) is 24.8 Å². The van der Waals surface area contributed by atoms with Crippen LogP contribution in [0, 0.1) is 20.8 Å². The third kappa shape index (κ3) is 4.58. The summed E-state index contributed by atoms with van der Waals surface area (Å²) < 4.78 is 43.1. The molecule has 0 aromatic carbocycles. The summed E-state index contributed by atoms with van der Waals surface area (Å²) in [5, 5.41) is 7.64. The maximum Gasteiger partial charge on any atom is 0.471 e. The second-order valence-electron chi connectivity index (χ2n) is 5.85. The summed E-state index contributed by atoms with van der Waals surface area (Å²) in [6.45, 7) is 6.48. The quantitative estimate of drug-likeness (QED) is 0.791. The Bertz CT molecular complexity index is 751. The van der Waals surface area contributed by atoms with Crippen LogP contribution < -0.4 is 0 Å². The molecule has 0 aliphatic rings. The van der Waals surface area contributed by atoms with Crippen molar-refractivity contribution in [3.05, 3.63) is 28.7 Å². The maximum atomic E-state index is 12.4. The molecule has 1 amide bonds. The van der Waals surface area contributed by atoms with Crippen molar-refractivity contribution in [1.29, 1.82) is 0 Å². The van der Waals surface area contributed by atoms with Gasteiger partial charge in [0, 0.05) is 38.7 Å². The van der Waals surface area contributed by atoms with Crippen molar-refractivity contribution < 1.29 is 22.5 Å². The van der Waals surface area contributed by atoms with Gasteiger partial charge in [0.2, 0.25) is 5.91 Å². The topological polar surface area (TPSA) is 77.0 Å². The van der Waals surface area contributed by atoms with Crippen LogP contribution in [0.5, 0.6) is 0 Å². The van der Waals surface area contributed by atoms with Crippen LogP contribution in [0.25, 0.3) is 0 Å². The number of amides is 1. The lowest BCUT2D eigenvalue weighted by molar-refractivity contribution is -0.159. The van der Waals surface area contributed by atoms with E-state index in [1.807, 2.05) is 20.8 Å². The van der Waals surface area contributed by atoms with E-state index >= 15 is 0 Å². The third-order valence-electron chi connectivity index (χ3n) is 4.09. The lowest BCUT2D eigenvalue weighted by atomic mass is 10.2. The summed E-state index contributed by atoms with van der Waals surface area (Å²) >= 11 is 0. The number of likely N-dealkylation sites (N-methyl/N-ethyl adjacent to an activating group) is 1. The highest BCUT2D eigenvalue weighted by Gasteiger charge is 2.38. The van der Waals surface area contributed by atoms with E-state index < -0.39 is 12.1 Å². The molecule has 0 aliphatic heterocycles. The SMILES string of the molecule is Cc1nn(CCC(=O)N(C)CCc2noc(C(F)(F)F)n2)c(C)c1C. The van der Waals surface area contributed by atoms with E-state index in [9.17, 15) is 18.0 Å². The van der Waals surface area contributed by atoms with E-state index in [0.717, 1.165) is 17.0 Å². The monoisotopic (exact) mass is 359 g/mol. The van der Waals surface area contributed by atoms with Gasteiger partial charge >= 0.3 is 12.1 Å². The molecule has 2 heterocycles. The molecule has 0 radical (unpaired) electrons. The third-order valence-corrected chi connectivity index (χ3v) is 4.09. The molecule has 0 fully saturated rings. The molecule has 7 nitrogen and oxygen atoms in total. The molecule has 0 atom stereocenters. The van der Waals surface area contributed by atoms with E-state index in [4.69, 9.17) is 0 Å². The fourth-order valence-corrected chi connectivity index (χ4v) is 2.26. The molecule has 138 valence electrons. The molecule has 0 spiro atoms. The number of alkyl halides is 3. The summed E-state index contributed by atoms with van der Waals surface area (Å²) in [5.41, 5.74) is 3.04. The van der Waals surface area contributed by atoms with E-state index in [0.29, 0.717) is 6.54 Å². The predicted molar refractivity (Wildman–Crippen MR) is 81.7 cm³/mol. The number of aryl methyl sites for hydroxylation is 2. The molecule has 0 unspecified atom stereocenters. The highest BCUT2D eigenvalue weighted by Crippen LogP contribution is 2.27. The highest BCUT2D eigenvalue weighted by atomic mass is 19.4. The average Bonchev–Trinajstić information content (AvgIpc) is 3.11. The molecule has 25 heavy (non-hydrogen) atoms. The van der Waals surface area contributed by atoms with Crippen LogP contribution in [-0.4, -0.2) is 44.3 Å². The van der Waals surface area contributed by atoms with Gasteiger partial charge in [-0.05, 0) is 26.3 Å². The minimum absolute atomic E-state index is 0.0823. The molecule has 0 bridgehead atoms. The molecule has 2 aromatic heterocycles. The number of rotatable bonds is 6. The average molecular weight is 359 g/mol. The first kappa shape index (κ1) is 18.9. The van der Waals surface area contributed by atoms with Gasteiger partial charge in [-0.1, -0.05) is 5.16 Å². The smallest absolute Gasteiger partial charge is 0.345 e. The van der Waals surface area contributed by atoms with Gasteiger partial charge in [0.25, 0.3) is 0 Å². The van der Waals surface area contributed by atoms with Crippen molar-refractivity contribution in [3.63, 3.8) is 0 Å². The molecule has 0 aliphatic carbocycles. The zero-order chi connectivity index (χ0) is 18.8. The summed E-state index contributed by atoms with van der Waals surface area (Å²) in [4.78, 5) is 16.9. The first-order valence-electron chi connectivity index (χ1n) is 7.74. The molecule has 10 heteroatoms. The fraction of sp³-hybridized carbons (Fsp3) is 0.600. The van der Waals surface area contributed by atoms with Crippen LogP contribution in [0.2, 0.25) is 0 Å². The van der Waals surface area contributed by atoms with Crippen LogP contribution in [0.3, 0.4) is 0 Å². The number of halogens is 3. The Balaban J connectivity index is 1.84. The predicted octanol–water partition coefficient (Wildman–Crippen LogP) is 2.30. The molecule has 0 N–H and O–H groups in total. The number of hydrogen-bond donors (Lipinski definition) is 0. The van der Waals surface area contributed by atoms with E-state index in [1.54, 1.807) is 11.7 Å². The zero-order valence-electron chi connectivity index (χ0n) is 14.5. The standard InChI is InChI=1S/C15H20F3N5O2/c1-9-10(2)20-23(11(9)3)8-6-13(24)22(4)7-5-12-19-14(25-21-12)15(16,17)18/h5-8H2,1-4H3. The number of nitrogens with zero attached hydrogens (tertiary/aromatic N) is 5. The summed E-state index contributed by atoms with van der Waals surface area (Å²) in [5.74, 6) is -1.60. The Morgan fingerprint density at radius 1 is 1.28 bits per heavy atom. The van der Waals surface area contributed by atoms with Crippen molar-refractivity contribution in [2.24, 2.45) is 0 Å². The summed E-state index contributed by atoms with van der Waals surface area (Å²) in [6, 6.07) is 0. The Morgan fingerprint density at radius 3 is 2.48 bits per heavy atom. The van der Waals surface area contributed by atoms with Crippen LogP contribution in [-0.2, 0) is 23.9 Å². The number of hydrogen-bond acceptors (Lipinski definition) is 5. The van der Waals surface area contributed by atoms with Gasteiger partial charge in [0.1, 0.15) is 0 Å². The normalized spacial score (nSPS) is 11.8. The maximum absolute atomic E-state index is 12.4. The zero-order valence-corrected chi connectivity index (χ0v) is 14.5. The van der Waals surface area contributed by atoms with E-state index in [2.05, 4.69) is 19.8 Å². The van der Waals surface area contributed by atoms with Gasteiger partial charge in [-0.3, -0.25) is 9.48 Å². The molecular formula is C15H20F3N5O2. The second kappa shape index (κ2) is 7.24. The minimum Gasteiger partial charge on any atom is -0.345 e. The lowest BCUT2D eigenvalue weighted by Crippen LogP contribution is -2.30. The van der Waals surface area contributed by atoms with E-state index in [1.165, 1.54) is 4.90 Å². The van der Waals surface area contributed by atoms with Gasteiger partial charge in [-0.25, -0.2) is 0 Å². The largest absolute Gasteiger partial charge is 0.471 e. The van der Waals surface area contributed by atoms with Gasteiger partial charge in [0.05, 0.1) is 5.69 Å². The minimum atomic E-state index is -4.66. The number of carbonyl (C=O) groups is 1. The second-order valence-corrected chi connectivity index (χ2v) is 5.85. The Labute approximate surface area is 142 Å². The molecule has 0 saturated heterocycles. The van der Waals surface area contributed by atoms with Gasteiger partial charge < -0.3 is 9.42 Å². The van der Waals surface area contributed by atoms with Crippen molar-refractivity contribution in [2.45, 2.75) is 46.3 Å². The Hall–Kier alpha value is -2.39. The molecule has 2 rings (SSSR count). The molecule has 0 saturated carbocycles. The van der Waals surface area contributed by atoms with Crippen LogP contribution in [0.1, 0.15) is 35.1 Å². The van der Waals surface area contributed by atoms with E-state index in [-0.39, 0.29) is 31.1 Å². The molecule has 2 aromatic rings. The number of carbonyl (C=O) groups excluding carboxylic acids is 1. The lowest BCUT2D eigenvalue weighted by Gasteiger charge is -2.16. The summed E-state index contributed by atoms with van der Waals surface area (Å²) in [6.07, 6.45) is -4.33. The van der Waals surface area contributed by atoms with Crippen LogP contribution in [0.4, 0.5) is 13.2 Å². The van der Waals surface area contributed by atoms with Crippen LogP contribution in [0.15, 0.2) is 4.52 Å². The number of aromatic nitrogens is 4. The van der Waals surface area contributed by atoms with Gasteiger partial charge in [-0.15, -0.1) is 0 Å².